The summed E-state index contributed by atoms with van der Waals surface area (Å²) in [4.78, 5) is 0. The molecule has 0 aromatic heterocycles. The quantitative estimate of drug-likeness (QED) is 0.890. The molecule has 2 rings (SSSR count). The summed E-state index contributed by atoms with van der Waals surface area (Å²) < 4.78 is 5.54. The third kappa shape index (κ3) is 3.11. The molecule has 0 radical (unpaired) electrons. The summed E-state index contributed by atoms with van der Waals surface area (Å²) in [5.74, 6) is 0.778. The number of ether oxygens (including phenoxy) is 1. The van der Waals surface area contributed by atoms with E-state index < -0.39 is 6.10 Å². The van der Waals surface area contributed by atoms with Crippen molar-refractivity contribution in [2.45, 2.75) is 20.0 Å². The van der Waals surface area contributed by atoms with Crippen molar-refractivity contribution in [3.05, 3.63) is 65.2 Å². The monoisotopic (exact) mass is 242 g/mol. The van der Waals surface area contributed by atoms with E-state index in [0.717, 1.165) is 11.3 Å². The molecule has 1 unspecified atom stereocenters. The molecule has 94 valence electrons. The molecule has 2 heteroatoms. The maximum Gasteiger partial charge on any atom is 0.119 e. The van der Waals surface area contributed by atoms with Gasteiger partial charge in [-0.2, -0.15) is 0 Å². The van der Waals surface area contributed by atoms with Crippen molar-refractivity contribution < 1.29 is 9.84 Å². The first kappa shape index (κ1) is 12.7. The standard InChI is InChI=1S/C16H18O2/c1-12-8-9-14(10-13(12)2)16(17)11-18-15-6-4-3-5-7-15/h3-10,16-17H,11H2,1-2H3. The zero-order valence-electron chi connectivity index (χ0n) is 10.8. The molecule has 2 aromatic carbocycles. The van der Waals surface area contributed by atoms with Gasteiger partial charge in [-0.1, -0.05) is 36.4 Å². The number of aliphatic hydroxyl groups is 1. The Morgan fingerprint density at radius 3 is 2.39 bits per heavy atom. The molecule has 0 saturated heterocycles. The Balaban J connectivity index is 1.99. The molecule has 0 heterocycles. The molecule has 0 spiro atoms. The summed E-state index contributed by atoms with van der Waals surface area (Å²) >= 11 is 0. The smallest absolute Gasteiger partial charge is 0.119 e. The van der Waals surface area contributed by atoms with Crippen LogP contribution in [0.15, 0.2) is 48.5 Å². The number of aryl methyl sites for hydroxylation is 2. The lowest BCUT2D eigenvalue weighted by molar-refractivity contribution is 0.108. The van der Waals surface area contributed by atoms with Gasteiger partial charge in [-0.3, -0.25) is 0 Å². The zero-order chi connectivity index (χ0) is 13.0. The number of hydrogen-bond acceptors (Lipinski definition) is 2. The number of benzene rings is 2. The number of para-hydroxylation sites is 1. The van der Waals surface area contributed by atoms with Gasteiger partial charge >= 0.3 is 0 Å². The zero-order valence-corrected chi connectivity index (χ0v) is 10.8. The average molecular weight is 242 g/mol. The first-order valence-corrected chi connectivity index (χ1v) is 6.10. The minimum atomic E-state index is -0.593. The van der Waals surface area contributed by atoms with Crippen molar-refractivity contribution in [1.29, 1.82) is 0 Å². The minimum absolute atomic E-state index is 0.270. The third-order valence-corrected chi connectivity index (χ3v) is 3.07. The molecule has 0 aliphatic rings. The largest absolute Gasteiger partial charge is 0.491 e. The second-order valence-corrected chi connectivity index (χ2v) is 4.48. The molecule has 2 aromatic rings. The van der Waals surface area contributed by atoms with Gasteiger partial charge in [0.15, 0.2) is 0 Å². The van der Waals surface area contributed by atoms with Gasteiger partial charge in [-0.15, -0.1) is 0 Å². The Bertz CT molecular complexity index is 506. The molecule has 18 heavy (non-hydrogen) atoms. The summed E-state index contributed by atoms with van der Waals surface area (Å²) in [6.07, 6.45) is -0.593. The van der Waals surface area contributed by atoms with Gasteiger partial charge in [0.05, 0.1) is 0 Å². The fourth-order valence-electron chi connectivity index (χ4n) is 1.76. The van der Waals surface area contributed by atoms with E-state index in [1.807, 2.05) is 55.5 Å². The Kier molecular flexibility index (Phi) is 4.00. The first-order valence-electron chi connectivity index (χ1n) is 6.10. The third-order valence-electron chi connectivity index (χ3n) is 3.07. The van der Waals surface area contributed by atoms with Crippen molar-refractivity contribution in [3.63, 3.8) is 0 Å². The normalized spacial score (nSPS) is 12.2. The summed E-state index contributed by atoms with van der Waals surface area (Å²) in [5, 5.41) is 10.1. The fourth-order valence-corrected chi connectivity index (χ4v) is 1.76. The van der Waals surface area contributed by atoms with Gasteiger partial charge in [0.25, 0.3) is 0 Å². The van der Waals surface area contributed by atoms with Crippen molar-refractivity contribution in [2.75, 3.05) is 6.61 Å². The lowest BCUT2D eigenvalue weighted by Crippen LogP contribution is -2.09. The van der Waals surface area contributed by atoms with E-state index >= 15 is 0 Å². The van der Waals surface area contributed by atoms with Crippen molar-refractivity contribution in [3.8, 4) is 5.75 Å². The Morgan fingerprint density at radius 1 is 1.00 bits per heavy atom. The first-order chi connectivity index (χ1) is 8.66. The maximum atomic E-state index is 10.1. The van der Waals surface area contributed by atoms with Crippen LogP contribution in [0.3, 0.4) is 0 Å². The highest BCUT2D eigenvalue weighted by Crippen LogP contribution is 2.18. The van der Waals surface area contributed by atoms with E-state index in [4.69, 9.17) is 4.74 Å². The fraction of sp³-hybridized carbons (Fsp3) is 0.250. The van der Waals surface area contributed by atoms with Crippen LogP contribution < -0.4 is 4.74 Å². The maximum absolute atomic E-state index is 10.1. The molecule has 2 nitrogen and oxygen atoms in total. The van der Waals surface area contributed by atoms with E-state index in [-0.39, 0.29) is 6.61 Å². The van der Waals surface area contributed by atoms with Gasteiger partial charge in [-0.05, 0) is 42.7 Å². The summed E-state index contributed by atoms with van der Waals surface area (Å²) in [6.45, 7) is 4.38. The van der Waals surface area contributed by atoms with Crippen molar-refractivity contribution in [1.82, 2.24) is 0 Å². The van der Waals surface area contributed by atoms with E-state index in [1.165, 1.54) is 11.1 Å². The van der Waals surface area contributed by atoms with E-state index in [9.17, 15) is 5.11 Å². The van der Waals surface area contributed by atoms with Gasteiger partial charge in [0.1, 0.15) is 18.5 Å². The van der Waals surface area contributed by atoms with Crippen LogP contribution in [-0.2, 0) is 0 Å². The molecular formula is C16H18O2. The Labute approximate surface area is 108 Å². The van der Waals surface area contributed by atoms with Crippen molar-refractivity contribution >= 4 is 0 Å². The predicted octanol–water partition coefficient (Wildman–Crippen LogP) is 3.42. The molecule has 0 saturated carbocycles. The van der Waals surface area contributed by atoms with Gasteiger partial charge in [0, 0.05) is 0 Å². The highest BCUT2D eigenvalue weighted by Gasteiger charge is 2.09. The van der Waals surface area contributed by atoms with Gasteiger partial charge < -0.3 is 9.84 Å². The van der Waals surface area contributed by atoms with Crippen molar-refractivity contribution in [2.24, 2.45) is 0 Å². The SMILES string of the molecule is Cc1ccc(C(O)COc2ccccc2)cc1C. The Hall–Kier alpha value is -1.80. The van der Waals surface area contributed by atoms with Crippen LogP contribution in [0, 0.1) is 13.8 Å². The highest BCUT2D eigenvalue weighted by molar-refractivity contribution is 5.31. The topological polar surface area (TPSA) is 29.5 Å². The van der Waals surface area contributed by atoms with E-state index in [1.54, 1.807) is 0 Å². The van der Waals surface area contributed by atoms with Crippen LogP contribution in [0.25, 0.3) is 0 Å². The molecule has 1 atom stereocenters. The van der Waals surface area contributed by atoms with Crippen LogP contribution in [0.4, 0.5) is 0 Å². The van der Waals surface area contributed by atoms with E-state index in [0.29, 0.717) is 0 Å². The second kappa shape index (κ2) is 5.69. The van der Waals surface area contributed by atoms with Gasteiger partial charge in [-0.25, -0.2) is 0 Å². The molecule has 0 aliphatic carbocycles. The minimum Gasteiger partial charge on any atom is -0.491 e. The van der Waals surface area contributed by atoms with Crippen LogP contribution in [0.5, 0.6) is 5.75 Å². The van der Waals surface area contributed by atoms with Crippen LogP contribution in [-0.4, -0.2) is 11.7 Å². The molecule has 0 fully saturated rings. The Morgan fingerprint density at radius 2 is 1.72 bits per heavy atom. The number of hydrogen-bond donors (Lipinski definition) is 1. The lowest BCUT2D eigenvalue weighted by atomic mass is 10.0. The molecular weight excluding hydrogens is 224 g/mol. The van der Waals surface area contributed by atoms with Crippen LogP contribution >= 0.6 is 0 Å². The number of aliphatic hydroxyl groups excluding tert-OH is 1. The van der Waals surface area contributed by atoms with Crippen LogP contribution in [0.1, 0.15) is 22.8 Å². The predicted molar refractivity (Wildman–Crippen MR) is 72.8 cm³/mol. The summed E-state index contributed by atoms with van der Waals surface area (Å²) in [7, 11) is 0. The molecule has 1 N–H and O–H groups in total. The second-order valence-electron chi connectivity index (χ2n) is 4.48. The van der Waals surface area contributed by atoms with Gasteiger partial charge in [0.2, 0.25) is 0 Å². The molecule has 0 aliphatic heterocycles. The summed E-state index contributed by atoms with van der Waals surface area (Å²) in [6, 6.07) is 15.5. The molecule has 0 bridgehead atoms. The average Bonchev–Trinajstić information content (AvgIpc) is 2.40. The summed E-state index contributed by atoms with van der Waals surface area (Å²) in [5.41, 5.74) is 3.32. The van der Waals surface area contributed by atoms with E-state index in [2.05, 4.69) is 6.92 Å². The highest BCUT2D eigenvalue weighted by atomic mass is 16.5. The lowest BCUT2D eigenvalue weighted by Gasteiger charge is -2.14. The van der Waals surface area contributed by atoms with Crippen LogP contribution in [0.2, 0.25) is 0 Å². The number of rotatable bonds is 4. The molecule has 0 amide bonds.